The molecule has 1 rings (SSSR count). The number of aryl methyl sites for hydroxylation is 1. The minimum Gasteiger partial charge on any atom is -0.397 e. The Bertz CT molecular complexity index is 575. The van der Waals surface area contributed by atoms with Crippen LogP contribution in [0.15, 0.2) is 17.0 Å². The van der Waals surface area contributed by atoms with E-state index in [1.165, 1.54) is 12.1 Å². The van der Waals surface area contributed by atoms with Crippen LogP contribution in [-0.2, 0) is 10.0 Å². The summed E-state index contributed by atoms with van der Waals surface area (Å²) in [5, 5.41) is 0.387. The molecule has 20 heavy (non-hydrogen) atoms. The van der Waals surface area contributed by atoms with Crippen LogP contribution >= 0.6 is 11.6 Å². The molecular weight excluding hydrogens is 298 g/mol. The van der Waals surface area contributed by atoms with E-state index in [1.807, 2.05) is 32.8 Å². The molecule has 0 spiro atoms. The maximum atomic E-state index is 12.3. The van der Waals surface area contributed by atoms with E-state index in [-0.39, 0.29) is 16.1 Å². The van der Waals surface area contributed by atoms with Crippen LogP contribution in [0, 0.1) is 6.92 Å². The number of rotatable bonds is 5. The molecular formula is C13H22ClN3O2S. The van der Waals surface area contributed by atoms with Gasteiger partial charge < -0.3 is 10.6 Å². The quantitative estimate of drug-likeness (QED) is 0.812. The molecule has 5 nitrogen and oxygen atoms in total. The second kappa shape index (κ2) is 5.89. The van der Waals surface area contributed by atoms with Gasteiger partial charge in [-0.2, -0.15) is 0 Å². The molecule has 0 saturated heterocycles. The molecule has 0 heterocycles. The van der Waals surface area contributed by atoms with Crippen LogP contribution in [0.4, 0.5) is 5.69 Å². The fourth-order valence-corrected chi connectivity index (χ4v) is 2.86. The SMILES string of the molecule is Cc1cc(S(=O)(=O)NCC(C)(C)N(C)C)cc(N)c1Cl. The average Bonchev–Trinajstić information content (AvgIpc) is 2.33. The fraction of sp³-hybridized carbons (Fsp3) is 0.538. The first-order valence-electron chi connectivity index (χ1n) is 6.20. The van der Waals surface area contributed by atoms with Crippen molar-refractivity contribution in [2.45, 2.75) is 31.2 Å². The smallest absolute Gasteiger partial charge is 0.240 e. The first kappa shape index (κ1) is 17.2. The van der Waals surface area contributed by atoms with Gasteiger partial charge in [0, 0.05) is 12.1 Å². The van der Waals surface area contributed by atoms with Crippen molar-refractivity contribution in [2.75, 3.05) is 26.4 Å². The van der Waals surface area contributed by atoms with Gasteiger partial charge in [0.25, 0.3) is 0 Å². The maximum absolute atomic E-state index is 12.3. The van der Waals surface area contributed by atoms with Gasteiger partial charge in [0.05, 0.1) is 15.6 Å². The van der Waals surface area contributed by atoms with Crippen molar-refractivity contribution >= 4 is 27.3 Å². The Morgan fingerprint density at radius 1 is 1.35 bits per heavy atom. The molecule has 0 aliphatic carbocycles. The summed E-state index contributed by atoms with van der Waals surface area (Å²) in [5.74, 6) is 0. The van der Waals surface area contributed by atoms with Crippen molar-refractivity contribution in [3.8, 4) is 0 Å². The highest BCUT2D eigenvalue weighted by atomic mass is 35.5. The highest BCUT2D eigenvalue weighted by Crippen LogP contribution is 2.26. The number of hydrogen-bond donors (Lipinski definition) is 2. The Morgan fingerprint density at radius 2 is 1.90 bits per heavy atom. The number of benzene rings is 1. The topological polar surface area (TPSA) is 75.4 Å². The van der Waals surface area contributed by atoms with Crippen LogP contribution < -0.4 is 10.5 Å². The Balaban J connectivity index is 3.01. The number of nitrogens with zero attached hydrogens (tertiary/aromatic N) is 1. The molecule has 114 valence electrons. The van der Waals surface area contributed by atoms with Crippen LogP contribution in [0.5, 0.6) is 0 Å². The molecule has 0 aliphatic heterocycles. The van der Waals surface area contributed by atoms with Gasteiger partial charge in [0.15, 0.2) is 0 Å². The number of halogens is 1. The summed E-state index contributed by atoms with van der Waals surface area (Å²) in [5.41, 5.74) is 6.33. The molecule has 0 aliphatic rings. The standard InChI is InChI=1S/C13H22ClN3O2S/c1-9-6-10(7-11(15)12(9)14)20(18,19)16-8-13(2,3)17(4)5/h6-7,16H,8,15H2,1-5H3. The lowest BCUT2D eigenvalue weighted by Gasteiger charge is -2.32. The molecule has 7 heteroatoms. The molecule has 1 aromatic rings. The second-order valence-electron chi connectivity index (χ2n) is 5.67. The van der Waals surface area contributed by atoms with Crippen LogP contribution in [0.2, 0.25) is 5.02 Å². The van der Waals surface area contributed by atoms with E-state index in [2.05, 4.69) is 4.72 Å². The molecule has 0 bridgehead atoms. The van der Waals surface area contributed by atoms with Crippen molar-refractivity contribution in [3.63, 3.8) is 0 Å². The average molecular weight is 320 g/mol. The molecule has 3 N–H and O–H groups in total. The summed E-state index contributed by atoms with van der Waals surface area (Å²) in [4.78, 5) is 2.09. The predicted molar refractivity (Wildman–Crippen MR) is 83.6 cm³/mol. The van der Waals surface area contributed by atoms with Crippen LogP contribution in [0.1, 0.15) is 19.4 Å². The van der Waals surface area contributed by atoms with Gasteiger partial charge in [-0.05, 0) is 52.6 Å². The first-order valence-corrected chi connectivity index (χ1v) is 8.06. The summed E-state index contributed by atoms with van der Waals surface area (Å²) in [6.07, 6.45) is 0. The number of likely N-dealkylation sites (N-methyl/N-ethyl adjacent to an activating group) is 1. The third-order valence-electron chi connectivity index (χ3n) is 3.47. The lowest BCUT2D eigenvalue weighted by atomic mass is 10.1. The van der Waals surface area contributed by atoms with Crippen LogP contribution in [0.3, 0.4) is 0 Å². The summed E-state index contributed by atoms with van der Waals surface area (Å²) in [6, 6.07) is 2.89. The summed E-state index contributed by atoms with van der Waals surface area (Å²) >= 11 is 5.94. The van der Waals surface area contributed by atoms with E-state index in [0.29, 0.717) is 17.1 Å². The van der Waals surface area contributed by atoms with Gasteiger partial charge in [0.1, 0.15) is 0 Å². The minimum atomic E-state index is -3.60. The zero-order valence-corrected chi connectivity index (χ0v) is 14.1. The van der Waals surface area contributed by atoms with Crippen LogP contribution in [0.25, 0.3) is 0 Å². The minimum absolute atomic E-state index is 0.131. The number of hydrogen-bond acceptors (Lipinski definition) is 4. The molecule has 0 aromatic heterocycles. The van der Waals surface area contributed by atoms with Gasteiger partial charge in [-0.25, -0.2) is 13.1 Å². The predicted octanol–water partition coefficient (Wildman–Crippen LogP) is 1.85. The lowest BCUT2D eigenvalue weighted by molar-refractivity contribution is 0.199. The van der Waals surface area contributed by atoms with E-state index < -0.39 is 10.0 Å². The van der Waals surface area contributed by atoms with E-state index in [9.17, 15) is 8.42 Å². The third kappa shape index (κ3) is 3.85. The zero-order valence-electron chi connectivity index (χ0n) is 12.5. The second-order valence-corrected chi connectivity index (χ2v) is 7.82. The molecule has 0 fully saturated rings. The Hall–Kier alpha value is -0.820. The molecule has 0 radical (unpaired) electrons. The third-order valence-corrected chi connectivity index (χ3v) is 5.37. The molecule has 1 aromatic carbocycles. The van der Waals surface area contributed by atoms with E-state index in [0.717, 1.165) is 0 Å². The van der Waals surface area contributed by atoms with Crippen molar-refractivity contribution in [1.82, 2.24) is 9.62 Å². The van der Waals surface area contributed by atoms with E-state index >= 15 is 0 Å². The zero-order chi connectivity index (χ0) is 15.7. The summed E-state index contributed by atoms with van der Waals surface area (Å²) in [6.45, 7) is 5.93. The Kier molecular flexibility index (Phi) is 5.08. The van der Waals surface area contributed by atoms with Gasteiger partial charge in [-0.15, -0.1) is 0 Å². The normalized spacial score (nSPS) is 12.9. The van der Waals surface area contributed by atoms with E-state index in [4.69, 9.17) is 17.3 Å². The lowest BCUT2D eigenvalue weighted by Crippen LogP contribution is -2.48. The van der Waals surface area contributed by atoms with Gasteiger partial charge in [-0.3, -0.25) is 0 Å². The first-order chi connectivity index (χ1) is 8.97. The number of nitrogens with one attached hydrogen (secondary N) is 1. The number of nitrogen functional groups attached to an aromatic ring is 1. The summed E-state index contributed by atoms with van der Waals surface area (Å²) < 4.78 is 27.2. The van der Waals surface area contributed by atoms with Crippen molar-refractivity contribution in [2.24, 2.45) is 0 Å². The largest absolute Gasteiger partial charge is 0.397 e. The van der Waals surface area contributed by atoms with Crippen molar-refractivity contribution in [1.29, 1.82) is 0 Å². The molecule has 0 saturated carbocycles. The molecule has 0 unspecified atom stereocenters. The fourth-order valence-electron chi connectivity index (χ4n) is 1.43. The molecule has 0 amide bonds. The highest BCUT2D eigenvalue weighted by Gasteiger charge is 2.24. The van der Waals surface area contributed by atoms with Crippen molar-refractivity contribution < 1.29 is 8.42 Å². The van der Waals surface area contributed by atoms with Crippen molar-refractivity contribution in [3.05, 3.63) is 22.7 Å². The van der Waals surface area contributed by atoms with Gasteiger partial charge in [0.2, 0.25) is 10.0 Å². The Labute approximate surface area is 126 Å². The summed E-state index contributed by atoms with van der Waals surface area (Å²) in [7, 11) is 0.199. The highest BCUT2D eigenvalue weighted by molar-refractivity contribution is 7.89. The number of anilines is 1. The Morgan fingerprint density at radius 3 is 2.35 bits per heavy atom. The monoisotopic (exact) mass is 319 g/mol. The van der Waals surface area contributed by atoms with E-state index in [1.54, 1.807) is 6.92 Å². The van der Waals surface area contributed by atoms with Gasteiger partial charge >= 0.3 is 0 Å². The number of sulfonamides is 1. The maximum Gasteiger partial charge on any atom is 0.240 e. The number of nitrogens with two attached hydrogens (primary N) is 1. The van der Waals surface area contributed by atoms with Crippen LogP contribution in [-0.4, -0.2) is 39.5 Å². The molecule has 0 atom stereocenters. The van der Waals surface area contributed by atoms with Gasteiger partial charge in [-0.1, -0.05) is 11.6 Å².